The van der Waals surface area contributed by atoms with Crippen LogP contribution in [0.2, 0.25) is 0 Å². The monoisotopic (exact) mass is 286 g/mol. The van der Waals surface area contributed by atoms with Gasteiger partial charge >= 0.3 is 0 Å². The van der Waals surface area contributed by atoms with E-state index < -0.39 is 0 Å². The minimum atomic E-state index is 0.537. The molecule has 104 valence electrons. The smallest absolute Gasteiger partial charge is 0.158 e. The molecule has 5 heteroatoms. The van der Waals surface area contributed by atoms with Crippen LogP contribution in [0.1, 0.15) is 29.7 Å². The van der Waals surface area contributed by atoms with Gasteiger partial charge in [0.15, 0.2) is 5.82 Å². The highest BCUT2D eigenvalue weighted by Crippen LogP contribution is 2.32. The number of thiophene rings is 1. The number of anilines is 1. The molecule has 0 saturated carbocycles. The number of nitrogens with one attached hydrogen (secondary N) is 1. The maximum atomic E-state index is 4.37. The molecular formula is C15H18N4S. The Hall–Kier alpha value is -1.75. The Morgan fingerprint density at radius 2 is 2.25 bits per heavy atom. The molecule has 0 saturated heterocycles. The van der Waals surface area contributed by atoms with Crippen molar-refractivity contribution in [3.8, 4) is 0 Å². The minimum absolute atomic E-state index is 0.537. The van der Waals surface area contributed by atoms with Crippen LogP contribution < -0.4 is 5.43 Å². The topological polar surface area (TPSA) is 50.2 Å². The zero-order chi connectivity index (χ0) is 13.9. The molecule has 0 spiro atoms. The Morgan fingerprint density at radius 1 is 1.35 bits per heavy atom. The standard InChI is InChI=1S/C15H18N4S/c1-10-11(2)20-15-13(10)14(16-9-17-15)19-18-8-12-6-4-3-5-7-12/h3-4,8-9,12H,5-7H2,1-2H3,(H,16,17,19)/b18-8-/t12-/m0/s1. The van der Waals surface area contributed by atoms with Crippen LogP contribution >= 0.6 is 11.3 Å². The number of hydrogen-bond acceptors (Lipinski definition) is 5. The van der Waals surface area contributed by atoms with Gasteiger partial charge in [-0.3, -0.25) is 5.43 Å². The van der Waals surface area contributed by atoms with Crippen molar-refractivity contribution in [2.75, 3.05) is 5.43 Å². The molecule has 2 heterocycles. The molecule has 0 aliphatic heterocycles. The van der Waals surface area contributed by atoms with Crippen molar-refractivity contribution in [3.63, 3.8) is 0 Å². The molecule has 4 nitrogen and oxygen atoms in total. The Balaban J connectivity index is 1.80. The van der Waals surface area contributed by atoms with Gasteiger partial charge in [0.05, 0.1) is 5.39 Å². The summed E-state index contributed by atoms with van der Waals surface area (Å²) >= 11 is 1.70. The van der Waals surface area contributed by atoms with E-state index >= 15 is 0 Å². The first-order chi connectivity index (χ1) is 9.75. The van der Waals surface area contributed by atoms with E-state index in [1.165, 1.54) is 16.9 Å². The lowest BCUT2D eigenvalue weighted by Crippen LogP contribution is -2.05. The number of allylic oxidation sites excluding steroid dienone is 2. The van der Waals surface area contributed by atoms with Gasteiger partial charge in [-0.05, 0) is 44.6 Å². The van der Waals surface area contributed by atoms with Crippen LogP contribution in [0.3, 0.4) is 0 Å². The normalized spacial score (nSPS) is 19.0. The molecule has 2 aromatic rings. The Morgan fingerprint density at radius 3 is 3.05 bits per heavy atom. The van der Waals surface area contributed by atoms with Crippen molar-refractivity contribution >= 4 is 33.6 Å². The Labute approximate surface area is 122 Å². The molecule has 0 radical (unpaired) electrons. The second kappa shape index (κ2) is 5.71. The van der Waals surface area contributed by atoms with Gasteiger partial charge in [0.2, 0.25) is 0 Å². The predicted octanol–water partition coefficient (Wildman–Crippen LogP) is 4.06. The first-order valence-corrected chi connectivity index (χ1v) is 7.72. The van der Waals surface area contributed by atoms with Crippen LogP contribution in [0.25, 0.3) is 10.2 Å². The van der Waals surface area contributed by atoms with Gasteiger partial charge in [-0.25, -0.2) is 9.97 Å². The molecule has 1 aliphatic carbocycles. The number of hydrazone groups is 1. The van der Waals surface area contributed by atoms with Crippen LogP contribution in [0, 0.1) is 19.8 Å². The first-order valence-electron chi connectivity index (χ1n) is 6.90. The summed E-state index contributed by atoms with van der Waals surface area (Å²) in [5.74, 6) is 1.34. The summed E-state index contributed by atoms with van der Waals surface area (Å²) in [6, 6.07) is 0. The fraction of sp³-hybridized carbons (Fsp3) is 0.400. The van der Waals surface area contributed by atoms with Crippen molar-refractivity contribution in [2.24, 2.45) is 11.0 Å². The third-order valence-corrected chi connectivity index (χ3v) is 4.85. The third-order valence-electron chi connectivity index (χ3n) is 3.73. The number of nitrogens with zero attached hydrogens (tertiary/aromatic N) is 3. The zero-order valence-electron chi connectivity index (χ0n) is 11.8. The van der Waals surface area contributed by atoms with Gasteiger partial charge in [-0.15, -0.1) is 11.3 Å². The van der Waals surface area contributed by atoms with Crippen molar-refractivity contribution in [2.45, 2.75) is 33.1 Å². The van der Waals surface area contributed by atoms with Crippen molar-refractivity contribution < 1.29 is 0 Å². The minimum Gasteiger partial charge on any atom is -0.261 e. The second-order valence-electron chi connectivity index (χ2n) is 5.12. The summed E-state index contributed by atoms with van der Waals surface area (Å²) in [5.41, 5.74) is 4.33. The summed E-state index contributed by atoms with van der Waals surface area (Å²) in [6.07, 6.45) is 11.5. The molecule has 3 rings (SSSR count). The molecule has 0 fully saturated rings. The third kappa shape index (κ3) is 2.58. The number of aromatic nitrogens is 2. The van der Waals surface area contributed by atoms with E-state index in [1.807, 2.05) is 6.21 Å². The van der Waals surface area contributed by atoms with Crippen molar-refractivity contribution in [1.29, 1.82) is 0 Å². The fourth-order valence-electron chi connectivity index (χ4n) is 2.42. The van der Waals surface area contributed by atoms with E-state index in [0.717, 1.165) is 28.9 Å². The van der Waals surface area contributed by atoms with E-state index in [-0.39, 0.29) is 0 Å². The quantitative estimate of drug-likeness (QED) is 0.526. The van der Waals surface area contributed by atoms with Gasteiger partial charge < -0.3 is 0 Å². The van der Waals surface area contributed by atoms with E-state index in [9.17, 15) is 0 Å². The largest absolute Gasteiger partial charge is 0.261 e. The summed E-state index contributed by atoms with van der Waals surface area (Å²) in [6.45, 7) is 4.22. The van der Waals surface area contributed by atoms with Gasteiger partial charge in [0.1, 0.15) is 11.2 Å². The average molecular weight is 286 g/mol. The summed E-state index contributed by atoms with van der Waals surface area (Å²) in [5, 5.41) is 5.46. The van der Waals surface area contributed by atoms with Crippen LogP contribution in [0.5, 0.6) is 0 Å². The molecule has 1 N–H and O–H groups in total. The fourth-order valence-corrected chi connectivity index (χ4v) is 3.42. The average Bonchev–Trinajstić information content (AvgIpc) is 2.76. The van der Waals surface area contributed by atoms with Crippen molar-refractivity contribution in [3.05, 3.63) is 28.9 Å². The second-order valence-corrected chi connectivity index (χ2v) is 6.32. The van der Waals surface area contributed by atoms with Crippen LogP contribution in [0.15, 0.2) is 23.6 Å². The van der Waals surface area contributed by atoms with Gasteiger partial charge in [-0.1, -0.05) is 12.2 Å². The lowest BCUT2D eigenvalue weighted by molar-refractivity contribution is 0.627. The van der Waals surface area contributed by atoms with E-state index in [4.69, 9.17) is 0 Å². The highest BCUT2D eigenvalue weighted by atomic mass is 32.1. The van der Waals surface area contributed by atoms with Gasteiger partial charge in [-0.2, -0.15) is 5.10 Å². The Bertz CT molecular complexity index is 672. The van der Waals surface area contributed by atoms with Crippen molar-refractivity contribution in [1.82, 2.24) is 9.97 Å². The maximum Gasteiger partial charge on any atom is 0.158 e. The summed E-state index contributed by atoms with van der Waals surface area (Å²) < 4.78 is 0. The molecule has 0 amide bonds. The van der Waals surface area contributed by atoms with Crippen LogP contribution in [-0.4, -0.2) is 16.2 Å². The molecule has 2 aromatic heterocycles. The molecule has 20 heavy (non-hydrogen) atoms. The highest BCUT2D eigenvalue weighted by molar-refractivity contribution is 7.18. The van der Waals surface area contributed by atoms with Crippen LogP contribution in [0.4, 0.5) is 5.82 Å². The molecule has 0 unspecified atom stereocenters. The molecule has 0 aromatic carbocycles. The maximum absolute atomic E-state index is 4.37. The van der Waals surface area contributed by atoms with Gasteiger partial charge in [0.25, 0.3) is 0 Å². The lowest BCUT2D eigenvalue weighted by atomic mass is 9.96. The van der Waals surface area contributed by atoms with Crippen LogP contribution in [-0.2, 0) is 0 Å². The zero-order valence-corrected chi connectivity index (χ0v) is 12.6. The molecular weight excluding hydrogens is 268 g/mol. The number of fused-ring (bicyclic) bond motifs is 1. The van der Waals surface area contributed by atoms with E-state index in [0.29, 0.717) is 5.92 Å². The lowest BCUT2D eigenvalue weighted by Gasteiger charge is -2.11. The molecule has 1 aliphatic rings. The predicted molar refractivity (Wildman–Crippen MR) is 85.5 cm³/mol. The number of rotatable bonds is 3. The van der Waals surface area contributed by atoms with E-state index in [1.54, 1.807) is 17.7 Å². The van der Waals surface area contributed by atoms with E-state index in [2.05, 4.69) is 46.5 Å². The summed E-state index contributed by atoms with van der Waals surface area (Å²) in [4.78, 5) is 11.0. The Kier molecular flexibility index (Phi) is 3.78. The highest BCUT2D eigenvalue weighted by Gasteiger charge is 2.11. The SMILES string of the molecule is Cc1sc2ncnc(N/N=C\[C@H]3CC=CCC3)c2c1C. The molecule has 0 bridgehead atoms. The summed E-state index contributed by atoms with van der Waals surface area (Å²) in [7, 11) is 0. The first kappa shape index (κ1) is 13.2. The molecule has 1 atom stereocenters. The number of aryl methyl sites for hydroxylation is 2. The van der Waals surface area contributed by atoms with Gasteiger partial charge in [0, 0.05) is 11.1 Å². The number of hydrogen-bond donors (Lipinski definition) is 1.